The van der Waals surface area contributed by atoms with Crippen LogP contribution in [0, 0.1) is 0 Å². The van der Waals surface area contributed by atoms with Gasteiger partial charge in [0.25, 0.3) is 0 Å². The lowest BCUT2D eigenvalue weighted by Gasteiger charge is -2.23. The Morgan fingerprint density at radius 2 is 1.34 bits per heavy atom. The van der Waals surface area contributed by atoms with Crippen molar-refractivity contribution >= 4 is 43.7 Å². The standard InChI is InChI=1S/C33H23NO/c1-33(2)24-17-9-6-14-21(24)27-28-23-16-8-11-19-26(23)35-32(28)31-29(30(27)33)22-15-7-10-18-25(22)34(31)20-12-4-3-5-13-20/h3-19H,1-2H3. The summed E-state index contributed by atoms with van der Waals surface area (Å²) < 4.78 is 9.14. The van der Waals surface area contributed by atoms with E-state index in [1.807, 2.05) is 0 Å². The van der Waals surface area contributed by atoms with Crippen molar-refractivity contribution in [3.63, 3.8) is 0 Å². The predicted octanol–water partition coefficient (Wildman–Crippen LogP) is 8.99. The van der Waals surface area contributed by atoms with E-state index in [1.54, 1.807) is 0 Å². The lowest BCUT2D eigenvalue weighted by molar-refractivity contribution is 0.663. The molecule has 0 atom stereocenters. The minimum atomic E-state index is -0.137. The Morgan fingerprint density at radius 1 is 0.657 bits per heavy atom. The number of para-hydroxylation sites is 3. The van der Waals surface area contributed by atoms with Crippen molar-refractivity contribution in [1.29, 1.82) is 0 Å². The van der Waals surface area contributed by atoms with Crippen LogP contribution in [0.2, 0.25) is 0 Å². The molecule has 1 aliphatic rings. The van der Waals surface area contributed by atoms with Crippen LogP contribution in [0.1, 0.15) is 25.0 Å². The van der Waals surface area contributed by atoms with Gasteiger partial charge in [-0.2, -0.15) is 0 Å². The number of furan rings is 1. The van der Waals surface area contributed by atoms with E-state index >= 15 is 0 Å². The van der Waals surface area contributed by atoms with Gasteiger partial charge < -0.3 is 8.98 Å². The van der Waals surface area contributed by atoms with Gasteiger partial charge in [0.2, 0.25) is 0 Å². The third-order valence-electron chi connectivity index (χ3n) is 7.94. The van der Waals surface area contributed by atoms with Gasteiger partial charge in [0.1, 0.15) is 5.58 Å². The summed E-state index contributed by atoms with van der Waals surface area (Å²) in [6.07, 6.45) is 0. The third kappa shape index (κ3) is 2.25. The first-order valence-corrected chi connectivity index (χ1v) is 12.2. The van der Waals surface area contributed by atoms with Crippen LogP contribution in [0.3, 0.4) is 0 Å². The quantitative estimate of drug-likeness (QED) is 0.244. The van der Waals surface area contributed by atoms with E-state index in [2.05, 4.69) is 122 Å². The maximum absolute atomic E-state index is 6.75. The van der Waals surface area contributed by atoms with Gasteiger partial charge in [-0.3, -0.25) is 0 Å². The van der Waals surface area contributed by atoms with Crippen molar-refractivity contribution in [3.05, 3.63) is 114 Å². The van der Waals surface area contributed by atoms with Crippen LogP contribution >= 0.6 is 0 Å². The molecule has 166 valence electrons. The lowest BCUT2D eigenvalue weighted by Crippen LogP contribution is -2.15. The first-order valence-electron chi connectivity index (χ1n) is 12.2. The Kier molecular flexibility index (Phi) is 3.50. The molecule has 2 heterocycles. The molecule has 0 amide bonds. The highest BCUT2D eigenvalue weighted by Gasteiger charge is 2.41. The zero-order chi connectivity index (χ0) is 23.3. The second kappa shape index (κ2) is 6.43. The van der Waals surface area contributed by atoms with E-state index in [9.17, 15) is 0 Å². The fourth-order valence-electron chi connectivity index (χ4n) is 6.54. The minimum Gasteiger partial charge on any atom is -0.454 e. The molecule has 0 N–H and O–H groups in total. The van der Waals surface area contributed by atoms with Gasteiger partial charge in [-0.25, -0.2) is 0 Å². The molecule has 0 fully saturated rings. The molecule has 2 nitrogen and oxygen atoms in total. The van der Waals surface area contributed by atoms with Crippen LogP contribution in [-0.2, 0) is 5.41 Å². The van der Waals surface area contributed by atoms with Crippen LogP contribution in [0.5, 0.6) is 0 Å². The Labute approximate surface area is 203 Å². The van der Waals surface area contributed by atoms with Crippen LogP contribution < -0.4 is 0 Å². The van der Waals surface area contributed by atoms with Gasteiger partial charge in [-0.15, -0.1) is 0 Å². The zero-order valence-corrected chi connectivity index (χ0v) is 19.7. The molecule has 5 aromatic carbocycles. The molecule has 35 heavy (non-hydrogen) atoms. The van der Waals surface area contributed by atoms with Crippen LogP contribution in [0.25, 0.3) is 60.6 Å². The first kappa shape index (κ1) is 19.1. The summed E-state index contributed by atoms with van der Waals surface area (Å²) in [5, 5.41) is 4.97. The van der Waals surface area contributed by atoms with E-state index in [0.717, 1.165) is 22.4 Å². The second-order valence-electron chi connectivity index (χ2n) is 10.1. The monoisotopic (exact) mass is 449 g/mol. The molecule has 0 aliphatic heterocycles. The summed E-state index contributed by atoms with van der Waals surface area (Å²) >= 11 is 0. The number of benzene rings is 5. The van der Waals surface area contributed by atoms with Gasteiger partial charge >= 0.3 is 0 Å². The number of aromatic nitrogens is 1. The Hall–Kier alpha value is -4.30. The molecular weight excluding hydrogens is 426 g/mol. The summed E-state index contributed by atoms with van der Waals surface area (Å²) in [5.41, 5.74) is 10.7. The maximum atomic E-state index is 6.75. The Morgan fingerprint density at radius 3 is 2.20 bits per heavy atom. The number of hydrogen-bond donors (Lipinski definition) is 0. The molecule has 1 aliphatic carbocycles. The molecule has 0 radical (unpaired) electrons. The van der Waals surface area contributed by atoms with E-state index in [-0.39, 0.29) is 5.41 Å². The highest BCUT2D eigenvalue weighted by atomic mass is 16.3. The summed E-state index contributed by atoms with van der Waals surface area (Å²) in [7, 11) is 0. The van der Waals surface area contributed by atoms with Crippen molar-refractivity contribution in [2.75, 3.05) is 0 Å². The number of rotatable bonds is 1. The third-order valence-corrected chi connectivity index (χ3v) is 7.94. The largest absolute Gasteiger partial charge is 0.454 e. The molecular formula is C33H23NO. The highest BCUT2D eigenvalue weighted by molar-refractivity contribution is 6.29. The van der Waals surface area contributed by atoms with Gasteiger partial charge in [0, 0.05) is 32.6 Å². The fourth-order valence-corrected chi connectivity index (χ4v) is 6.54. The van der Waals surface area contributed by atoms with E-state index in [4.69, 9.17) is 4.42 Å². The summed E-state index contributed by atoms with van der Waals surface area (Å²) in [5.74, 6) is 0. The molecule has 0 saturated carbocycles. The van der Waals surface area contributed by atoms with Crippen molar-refractivity contribution in [2.24, 2.45) is 0 Å². The van der Waals surface area contributed by atoms with Gasteiger partial charge in [0.15, 0.2) is 5.58 Å². The molecule has 7 aromatic rings. The Bertz CT molecular complexity index is 1970. The first-order chi connectivity index (χ1) is 17.2. The predicted molar refractivity (Wildman–Crippen MR) is 146 cm³/mol. The average Bonchev–Trinajstić information content (AvgIpc) is 3.51. The molecule has 0 saturated heterocycles. The zero-order valence-electron chi connectivity index (χ0n) is 19.7. The topological polar surface area (TPSA) is 18.1 Å². The van der Waals surface area contributed by atoms with Crippen LogP contribution in [0.4, 0.5) is 0 Å². The molecule has 0 unspecified atom stereocenters. The van der Waals surface area contributed by atoms with Crippen LogP contribution in [-0.4, -0.2) is 4.57 Å². The van der Waals surface area contributed by atoms with Crippen molar-refractivity contribution < 1.29 is 4.42 Å². The van der Waals surface area contributed by atoms with Crippen LogP contribution in [0.15, 0.2) is 108 Å². The highest BCUT2D eigenvalue weighted by Crippen LogP contribution is 2.57. The van der Waals surface area contributed by atoms with Gasteiger partial charge in [0.05, 0.1) is 11.0 Å². The van der Waals surface area contributed by atoms with E-state index < -0.39 is 0 Å². The molecule has 0 spiro atoms. The number of fused-ring (bicyclic) bond motifs is 12. The maximum Gasteiger partial charge on any atom is 0.160 e. The summed E-state index contributed by atoms with van der Waals surface area (Å²) in [6.45, 7) is 4.75. The van der Waals surface area contributed by atoms with Gasteiger partial charge in [-0.1, -0.05) is 92.7 Å². The SMILES string of the molecule is CC1(C)c2ccccc2-c2c1c1c3ccccc3n(-c3ccccc3)c1c1oc3ccccc3c21. The summed E-state index contributed by atoms with van der Waals surface area (Å²) in [4.78, 5) is 0. The molecule has 2 heteroatoms. The van der Waals surface area contributed by atoms with E-state index in [0.29, 0.717) is 0 Å². The van der Waals surface area contributed by atoms with E-state index in [1.165, 1.54) is 49.3 Å². The fraction of sp³-hybridized carbons (Fsp3) is 0.0909. The summed E-state index contributed by atoms with van der Waals surface area (Å²) in [6, 6.07) is 36.9. The smallest absolute Gasteiger partial charge is 0.160 e. The minimum absolute atomic E-state index is 0.137. The Balaban J connectivity index is 1.75. The lowest BCUT2D eigenvalue weighted by atomic mass is 9.80. The molecule has 8 rings (SSSR count). The molecule has 2 aromatic heterocycles. The van der Waals surface area contributed by atoms with Gasteiger partial charge in [-0.05, 0) is 46.5 Å². The second-order valence-corrected chi connectivity index (χ2v) is 10.1. The van der Waals surface area contributed by atoms with Crippen molar-refractivity contribution in [1.82, 2.24) is 4.57 Å². The molecule has 0 bridgehead atoms. The number of hydrogen-bond acceptors (Lipinski definition) is 1. The number of nitrogens with zero attached hydrogens (tertiary/aromatic N) is 1. The van der Waals surface area contributed by atoms with Crippen molar-refractivity contribution in [2.45, 2.75) is 19.3 Å². The van der Waals surface area contributed by atoms with Crippen molar-refractivity contribution in [3.8, 4) is 16.8 Å². The average molecular weight is 450 g/mol. The normalized spacial score (nSPS) is 14.2.